The fourth-order valence-corrected chi connectivity index (χ4v) is 5.74. The second-order valence-electron chi connectivity index (χ2n) is 9.53. The number of aliphatic hydroxyl groups is 1. The van der Waals surface area contributed by atoms with Crippen LogP contribution in [0.5, 0.6) is 5.75 Å². The van der Waals surface area contributed by atoms with Crippen LogP contribution in [0.3, 0.4) is 0 Å². The van der Waals surface area contributed by atoms with Crippen molar-refractivity contribution in [1.82, 2.24) is 4.90 Å². The fourth-order valence-electron chi connectivity index (χ4n) is 5.74. The van der Waals surface area contributed by atoms with Crippen LogP contribution >= 0.6 is 0 Å². The van der Waals surface area contributed by atoms with Crippen molar-refractivity contribution in [2.24, 2.45) is 5.92 Å². The lowest BCUT2D eigenvalue weighted by Crippen LogP contribution is -2.61. The summed E-state index contributed by atoms with van der Waals surface area (Å²) in [5.41, 5.74) is 0.981. The van der Waals surface area contributed by atoms with Crippen molar-refractivity contribution in [1.29, 1.82) is 0 Å². The maximum Gasteiger partial charge on any atom is 0.169 e. The Morgan fingerprint density at radius 3 is 2.72 bits per heavy atom. The topological polar surface area (TPSA) is 51.2 Å². The van der Waals surface area contributed by atoms with E-state index in [0.29, 0.717) is 26.1 Å². The van der Waals surface area contributed by atoms with E-state index in [1.807, 2.05) is 12.1 Å². The largest absolute Gasteiger partial charge is 0.497 e. The summed E-state index contributed by atoms with van der Waals surface area (Å²) < 4.78 is 17.9. The molecule has 1 aliphatic heterocycles. The normalized spacial score (nSPS) is 32.4. The fraction of sp³-hybridized carbons (Fsp3) is 0.667. The lowest BCUT2D eigenvalue weighted by molar-refractivity contribution is -0.223. The van der Waals surface area contributed by atoms with E-state index in [2.05, 4.69) is 30.2 Å². The predicted octanol–water partition coefficient (Wildman–Crippen LogP) is 3.35. The molecule has 0 aromatic heterocycles. The third kappa shape index (κ3) is 3.32. The van der Waals surface area contributed by atoms with Crippen molar-refractivity contribution in [3.63, 3.8) is 0 Å². The van der Waals surface area contributed by atoms with Crippen molar-refractivity contribution in [2.45, 2.75) is 55.3 Å². The van der Waals surface area contributed by atoms with Gasteiger partial charge in [-0.15, -0.1) is 0 Å². The molecule has 0 radical (unpaired) electrons. The standard InChI is InChI=1S/C24H33NO4/c1-25(16-18-3-4-18)12-11-22-17-24(28-13-14-29-24)10-9-23(22,26)8-7-19-5-6-20(27-2)15-21(19)22/h5-8,15,18,26H,3-4,9-14,16-17H2,1-2H3. The van der Waals surface area contributed by atoms with Crippen molar-refractivity contribution in [2.75, 3.05) is 40.5 Å². The monoisotopic (exact) mass is 399 g/mol. The van der Waals surface area contributed by atoms with E-state index < -0.39 is 16.8 Å². The third-order valence-electron chi connectivity index (χ3n) is 7.60. The lowest BCUT2D eigenvalue weighted by Gasteiger charge is -2.56. The first kappa shape index (κ1) is 19.6. The molecule has 1 spiro atoms. The van der Waals surface area contributed by atoms with Gasteiger partial charge in [-0.3, -0.25) is 0 Å². The van der Waals surface area contributed by atoms with Gasteiger partial charge in [-0.1, -0.05) is 18.2 Å². The van der Waals surface area contributed by atoms with E-state index in [4.69, 9.17) is 14.2 Å². The molecule has 0 bridgehead atoms. The average molecular weight is 400 g/mol. The molecule has 1 aromatic carbocycles. The van der Waals surface area contributed by atoms with E-state index in [1.54, 1.807) is 7.11 Å². The minimum Gasteiger partial charge on any atom is -0.497 e. The zero-order valence-electron chi connectivity index (χ0n) is 17.7. The van der Waals surface area contributed by atoms with Gasteiger partial charge in [-0.2, -0.15) is 0 Å². The van der Waals surface area contributed by atoms with Gasteiger partial charge >= 0.3 is 0 Å². The summed E-state index contributed by atoms with van der Waals surface area (Å²) in [6.07, 6.45) is 9.74. The number of ether oxygens (including phenoxy) is 3. The van der Waals surface area contributed by atoms with E-state index >= 15 is 0 Å². The highest BCUT2D eigenvalue weighted by molar-refractivity contribution is 5.64. The van der Waals surface area contributed by atoms with Crippen LogP contribution in [0.25, 0.3) is 6.08 Å². The summed E-state index contributed by atoms with van der Waals surface area (Å²) in [6.45, 7) is 3.36. The second kappa shape index (κ2) is 7.09. The van der Waals surface area contributed by atoms with Crippen molar-refractivity contribution in [3.8, 4) is 5.75 Å². The lowest BCUT2D eigenvalue weighted by atomic mass is 9.54. The van der Waals surface area contributed by atoms with E-state index in [-0.39, 0.29) is 0 Å². The molecule has 1 N–H and O–H groups in total. The van der Waals surface area contributed by atoms with Crippen molar-refractivity contribution < 1.29 is 19.3 Å². The van der Waals surface area contributed by atoms with Gasteiger partial charge in [0.15, 0.2) is 5.79 Å². The number of rotatable bonds is 6. The Labute approximate surface area is 173 Å². The zero-order chi connectivity index (χ0) is 20.1. The molecule has 1 saturated heterocycles. The minimum atomic E-state index is -0.895. The summed E-state index contributed by atoms with van der Waals surface area (Å²) in [4.78, 5) is 2.43. The van der Waals surface area contributed by atoms with Gasteiger partial charge in [-0.05, 0) is 68.5 Å². The highest BCUT2D eigenvalue weighted by Gasteiger charge is 2.61. The molecule has 5 nitrogen and oxygen atoms in total. The Hall–Kier alpha value is -1.40. The molecule has 3 fully saturated rings. The molecule has 2 unspecified atom stereocenters. The molecule has 5 heteroatoms. The summed E-state index contributed by atoms with van der Waals surface area (Å²) in [6, 6.07) is 6.23. The Bertz CT molecular complexity index is 798. The Kier molecular flexibility index (Phi) is 4.78. The number of benzene rings is 1. The van der Waals surface area contributed by atoms with Gasteiger partial charge in [0.2, 0.25) is 0 Å². The molecule has 1 heterocycles. The maximum atomic E-state index is 11.9. The Balaban J connectivity index is 1.55. The van der Waals surface area contributed by atoms with Gasteiger partial charge in [0, 0.05) is 24.8 Å². The summed E-state index contributed by atoms with van der Waals surface area (Å²) in [5.74, 6) is 1.11. The molecule has 2 atom stereocenters. The zero-order valence-corrected chi connectivity index (χ0v) is 17.7. The van der Waals surface area contributed by atoms with Gasteiger partial charge < -0.3 is 24.2 Å². The van der Waals surface area contributed by atoms with Crippen molar-refractivity contribution in [3.05, 3.63) is 35.4 Å². The molecule has 2 saturated carbocycles. The first-order valence-corrected chi connectivity index (χ1v) is 11.0. The summed E-state index contributed by atoms with van der Waals surface area (Å²) in [5, 5.41) is 11.9. The minimum absolute atomic E-state index is 0.452. The predicted molar refractivity (Wildman–Crippen MR) is 112 cm³/mol. The number of methoxy groups -OCH3 is 1. The van der Waals surface area contributed by atoms with Crippen LogP contribution in [0.2, 0.25) is 0 Å². The van der Waals surface area contributed by atoms with Crippen LogP contribution in [-0.2, 0) is 14.9 Å². The molecule has 3 aliphatic carbocycles. The number of fused-ring (bicyclic) bond motifs is 3. The number of hydrogen-bond acceptors (Lipinski definition) is 5. The van der Waals surface area contributed by atoms with E-state index in [0.717, 1.165) is 43.2 Å². The average Bonchev–Trinajstić information content (AvgIpc) is 3.43. The van der Waals surface area contributed by atoms with Crippen LogP contribution < -0.4 is 4.74 Å². The van der Waals surface area contributed by atoms with Gasteiger partial charge in [0.05, 0.1) is 25.9 Å². The number of nitrogens with zero attached hydrogens (tertiary/aromatic N) is 1. The third-order valence-corrected chi connectivity index (χ3v) is 7.60. The quantitative estimate of drug-likeness (QED) is 0.795. The molecule has 0 amide bonds. The van der Waals surface area contributed by atoms with E-state index in [9.17, 15) is 5.11 Å². The summed E-state index contributed by atoms with van der Waals surface area (Å²) in [7, 11) is 3.91. The molecule has 1 aromatic rings. The molecular formula is C24H33NO4. The first-order valence-electron chi connectivity index (χ1n) is 11.0. The van der Waals surface area contributed by atoms with Crippen LogP contribution in [0, 0.1) is 5.92 Å². The highest BCUT2D eigenvalue weighted by Crippen LogP contribution is 2.58. The van der Waals surface area contributed by atoms with Crippen LogP contribution in [0.4, 0.5) is 0 Å². The van der Waals surface area contributed by atoms with Gasteiger partial charge in [0.1, 0.15) is 5.75 Å². The van der Waals surface area contributed by atoms with Gasteiger partial charge in [0.25, 0.3) is 0 Å². The summed E-state index contributed by atoms with van der Waals surface area (Å²) >= 11 is 0. The highest BCUT2D eigenvalue weighted by atomic mass is 16.7. The van der Waals surface area contributed by atoms with Crippen LogP contribution in [-0.4, -0.2) is 61.9 Å². The van der Waals surface area contributed by atoms with Gasteiger partial charge in [-0.25, -0.2) is 0 Å². The molecular weight excluding hydrogens is 366 g/mol. The molecule has 158 valence electrons. The van der Waals surface area contributed by atoms with E-state index in [1.165, 1.54) is 18.4 Å². The Morgan fingerprint density at radius 1 is 1.21 bits per heavy atom. The maximum absolute atomic E-state index is 11.9. The molecule has 4 aliphatic rings. The SMILES string of the molecule is COc1ccc2c(c1)C1(CCN(C)CC3CC3)CC3(CCC1(O)C=C2)OCCO3. The number of hydrogen-bond donors (Lipinski definition) is 1. The van der Waals surface area contributed by atoms with Crippen LogP contribution in [0.15, 0.2) is 24.3 Å². The van der Waals surface area contributed by atoms with Crippen molar-refractivity contribution >= 4 is 6.08 Å². The first-order chi connectivity index (χ1) is 14.0. The Morgan fingerprint density at radius 2 is 2.00 bits per heavy atom. The smallest absolute Gasteiger partial charge is 0.169 e. The molecule has 5 rings (SSSR count). The van der Waals surface area contributed by atoms with Crippen LogP contribution in [0.1, 0.15) is 49.7 Å². The second-order valence-corrected chi connectivity index (χ2v) is 9.53. The molecule has 29 heavy (non-hydrogen) atoms.